The Labute approximate surface area is 184 Å². The number of rotatable bonds is 5. The van der Waals surface area contributed by atoms with Crippen molar-refractivity contribution in [2.75, 3.05) is 6.61 Å². The third-order valence-corrected chi connectivity index (χ3v) is 5.02. The molecule has 32 heavy (non-hydrogen) atoms. The number of fused-ring (bicyclic) bond motifs is 1. The van der Waals surface area contributed by atoms with Crippen molar-refractivity contribution < 1.29 is 23.4 Å². The molecular formula is C25H19FN2O4. The number of esters is 1. The topological polar surface area (TPSA) is 94.6 Å². The molecule has 0 fully saturated rings. The molecule has 4 rings (SSSR count). The van der Waals surface area contributed by atoms with Gasteiger partial charge in [0.2, 0.25) is 5.88 Å². The lowest BCUT2D eigenvalue weighted by Crippen LogP contribution is -2.21. The number of carbonyl (C=O) groups excluding carboxylic acids is 1. The molecule has 0 bridgehead atoms. The molecular weight excluding hydrogens is 411 g/mol. The zero-order chi connectivity index (χ0) is 22.7. The predicted octanol–water partition coefficient (Wildman–Crippen LogP) is 4.66. The highest BCUT2D eigenvalue weighted by Crippen LogP contribution is 2.44. The summed E-state index contributed by atoms with van der Waals surface area (Å²) in [4.78, 5) is 12.5. The Morgan fingerprint density at radius 3 is 2.50 bits per heavy atom. The summed E-state index contributed by atoms with van der Waals surface area (Å²) in [6.07, 6.45) is 0. The van der Waals surface area contributed by atoms with Crippen LogP contribution in [0.1, 0.15) is 34.3 Å². The molecule has 0 saturated heterocycles. The number of halogens is 1. The number of nitrogens with zero attached hydrogens (tertiary/aromatic N) is 1. The van der Waals surface area contributed by atoms with E-state index in [0.717, 1.165) is 0 Å². The summed E-state index contributed by atoms with van der Waals surface area (Å²) in [5.74, 6) is -0.715. The lowest BCUT2D eigenvalue weighted by molar-refractivity contribution is 0.0734. The lowest BCUT2D eigenvalue weighted by Gasteiger charge is -2.27. The average molecular weight is 430 g/mol. The highest BCUT2D eigenvalue weighted by Gasteiger charge is 2.32. The maximum Gasteiger partial charge on any atom is 0.343 e. The van der Waals surface area contributed by atoms with Gasteiger partial charge < -0.3 is 19.9 Å². The fourth-order valence-corrected chi connectivity index (χ4v) is 3.55. The van der Waals surface area contributed by atoms with Gasteiger partial charge >= 0.3 is 5.97 Å². The van der Waals surface area contributed by atoms with Gasteiger partial charge in [-0.2, -0.15) is 5.26 Å². The average Bonchev–Trinajstić information content (AvgIpc) is 2.79. The number of carbonyl (C=O) groups is 1. The van der Waals surface area contributed by atoms with Crippen LogP contribution in [0, 0.1) is 17.1 Å². The summed E-state index contributed by atoms with van der Waals surface area (Å²) in [7, 11) is 0. The predicted molar refractivity (Wildman–Crippen MR) is 115 cm³/mol. The Balaban J connectivity index is 1.64. The first-order chi connectivity index (χ1) is 15.5. The van der Waals surface area contributed by atoms with Gasteiger partial charge in [0.15, 0.2) is 0 Å². The molecule has 1 aliphatic heterocycles. The third kappa shape index (κ3) is 3.98. The molecule has 2 N–H and O–H groups in total. The van der Waals surface area contributed by atoms with Crippen molar-refractivity contribution in [3.05, 3.63) is 101 Å². The number of nitrogens with two attached hydrogens (primary N) is 1. The number of hydrogen-bond acceptors (Lipinski definition) is 6. The zero-order valence-electron chi connectivity index (χ0n) is 17.2. The van der Waals surface area contributed by atoms with Crippen LogP contribution in [0.4, 0.5) is 4.39 Å². The van der Waals surface area contributed by atoms with Crippen molar-refractivity contribution in [1.82, 2.24) is 0 Å². The van der Waals surface area contributed by atoms with E-state index in [4.69, 9.17) is 19.9 Å². The smallest absolute Gasteiger partial charge is 0.343 e. The quantitative estimate of drug-likeness (QED) is 0.467. The highest BCUT2D eigenvalue weighted by atomic mass is 19.1. The molecule has 0 radical (unpaired) electrons. The molecule has 7 heteroatoms. The van der Waals surface area contributed by atoms with Gasteiger partial charge in [-0.25, -0.2) is 9.18 Å². The van der Waals surface area contributed by atoms with Crippen LogP contribution < -0.4 is 19.9 Å². The largest absolute Gasteiger partial charge is 0.494 e. The first kappa shape index (κ1) is 20.9. The van der Waals surface area contributed by atoms with Gasteiger partial charge in [0.25, 0.3) is 0 Å². The Kier molecular flexibility index (Phi) is 5.77. The van der Waals surface area contributed by atoms with Crippen LogP contribution in [0.2, 0.25) is 0 Å². The zero-order valence-corrected chi connectivity index (χ0v) is 17.2. The van der Waals surface area contributed by atoms with E-state index in [2.05, 4.69) is 0 Å². The molecule has 0 saturated carbocycles. The second-order valence-corrected chi connectivity index (χ2v) is 6.99. The molecule has 1 unspecified atom stereocenters. The van der Waals surface area contributed by atoms with Crippen LogP contribution in [0.25, 0.3) is 0 Å². The monoisotopic (exact) mass is 430 g/mol. The molecule has 1 heterocycles. The molecule has 3 aromatic rings. The molecule has 0 aromatic heterocycles. The Hall–Kier alpha value is -4.31. The standard InChI is InChI=1S/C25H19FN2O4/c1-2-30-16-9-7-15(8-10-16)25(29)31-17-11-12-19-22(13-17)32-24(28)20(14-27)23(19)18-5-3-4-6-21(18)26/h3-13,23H,2,28H2,1H3. The summed E-state index contributed by atoms with van der Waals surface area (Å²) in [5.41, 5.74) is 7.26. The number of ether oxygens (including phenoxy) is 3. The van der Waals surface area contributed by atoms with Gasteiger partial charge in [-0.15, -0.1) is 0 Å². The minimum absolute atomic E-state index is 0.113. The minimum atomic E-state index is -0.735. The molecule has 3 aromatic carbocycles. The Morgan fingerprint density at radius 2 is 1.81 bits per heavy atom. The van der Waals surface area contributed by atoms with Crippen LogP contribution in [-0.2, 0) is 0 Å². The number of hydrogen-bond donors (Lipinski definition) is 1. The fourth-order valence-electron chi connectivity index (χ4n) is 3.55. The van der Waals surface area contributed by atoms with E-state index in [0.29, 0.717) is 29.0 Å². The summed E-state index contributed by atoms with van der Waals surface area (Å²) < 4.78 is 31.0. The maximum absolute atomic E-state index is 14.5. The van der Waals surface area contributed by atoms with Crippen LogP contribution in [0.15, 0.2) is 78.2 Å². The highest BCUT2D eigenvalue weighted by molar-refractivity contribution is 5.91. The van der Waals surface area contributed by atoms with Gasteiger partial charge in [-0.05, 0) is 43.3 Å². The first-order valence-corrected chi connectivity index (χ1v) is 9.92. The third-order valence-electron chi connectivity index (χ3n) is 5.02. The van der Waals surface area contributed by atoms with Gasteiger partial charge in [-0.1, -0.05) is 24.3 Å². The summed E-state index contributed by atoms with van der Waals surface area (Å²) in [5, 5.41) is 9.59. The van der Waals surface area contributed by atoms with Crippen molar-refractivity contribution in [2.45, 2.75) is 12.8 Å². The molecule has 1 aliphatic rings. The van der Waals surface area contributed by atoms with E-state index < -0.39 is 17.7 Å². The fraction of sp³-hybridized carbons (Fsp3) is 0.120. The van der Waals surface area contributed by atoms with Crippen LogP contribution in [-0.4, -0.2) is 12.6 Å². The van der Waals surface area contributed by atoms with E-state index in [1.54, 1.807) is 54.6 Å². The second kappa shape index (κ2) is 8.82. The summed E-state index contributed by atoms with van der Waals surface area (Å²) >= 11 is 0. The molecule has 0 amide bonds. The summed E-state index contributed by atoms with van der Waals surface area (Å²) in [6.45, 7) is 2.40. The lowest BCUT2D eigenvalue weighted by atomic mass is 9.83. The van der Waals surface area contributed by atoms with Crippen molar-refractivity contribution >= 4 is 5.97 Å². The maximum atomic E-state index is 14.5. The van der Waals surface area contributed by atoms with Gasteiger partial charge in [-0.3, -0.25) is 0 Å². The number of benzene rings is 3. The van der Waals surface area contributed by atoms with Crippen LogP contribution >= 0.6 is 0 Å². The van der Waals surface area contributed by atoms with Crippen molar-refractivity contribution in [1.29, 1.82) is 5.26 Å². The normalized spacial score (nSPS) is 14.7. The molecule has 0 spiro atoms. The minimum Gasteiger partial charge on any atom is -0.494 e. The molecule has 1 atom stereocenters. The Bertz CT molecular complexity index is 1250. The van der Waals surface area contributed by atoms with Gasteiger partial charge in [0.1, 0.15) is 34.7 Å². The van der Waals surface area contributed by atoms with Gasteiger partial charge in [0.05, 0.1) is 18.1 Å². The Morgan fingerprint density at radius 1 is 1.09 bits per heavy atom. The van der Waals surface area contributed by atoms with E-state index in [-0.39, 0.29) is 23.0 Å². The second-order valence-electron chi connectivity index (χ2n) is 6.99. The van der Waals surface area contributed by atoms with E-state index in [1.165, 1.54) is 12.1 Å². The summed E-state index contributed by atoms with van der Waals surface area (Å²) in [6, 6.07) is 19.5. The van der Waals surface area contributed by atoms with E-state index in [1.807, 2.05) is 13.0 Å². The van der Waals surface area contributed by atoms with E-state index >= 15 is 0 Å². The van der Waals surface area contributed by atoms with Crippen LogP contribution in [0.5, 0.6) is 17.2 Å². The molecule has 0 aliphatic carbocycles. The van der Waals surface area contributed by atoms with Gasteiger partial charge in [0, 0.05) is 17.2 Å². The van der Waals surface area contributed by atoms with E-state index in [9.17, 15) is 14.4 Å². The SMILES string of the molecule is CCOc1ccc(C(=O)Oc2ccc3c(c2)OC(N)=C(C#N)C3c2ccccc2F)cc1. The molecule has 6 nitrogen and oxygen atoms in total. The van der Waals surface area contributed by atoms with Crippen molar-refractivity contribution in [2.24, 2.45) is 5.73 Å². The first-order valence-electron chi connectivity index (χ1n) is 9.92. The molecule has 160 valence electrons. The van der Waals surface area contributed by atoms with Crippen molar-refractivity contribution in [3.63, 3.8) is 0 Å². The van der Waals surface area contributed by atoms with Crippen LogP contribution in [0.3, 0.4) is 0 Å². The number of allylic oxidation sites excluding steroid dienone is 1. The van der Waals surface area contributed by atoms with Crippen molar-refractivity contribution in [3.8, 4) is 23.3 Å². The number of nitriles is 1.